The molecule has 1 N–H and O–H groups in total. The first-order valence-corrected chi connectivity index (χ1v) is 6.39. The molecule has 0 radical (unpaired) electrons. The zero-order chi connectivity index (χ0) is 13.7. The van der Waals surface area contributed by atoms with E-state index in [-0.39, 0.29) is 0 Å². The molecule has 19 heavy (non-hydrogen) atoms. The Kier molecular flexibility index (Phi) is 4.42. The van der Waals surface area contributed by atoms with Crippen molar-refractivity contribution in [3.05, 3.63) is 54.1 Å². The summed E-state index contributed by atoms with van der Waals surface area (Å²) in [6.45, 7) is 4.23. The van der Waals surface area contributed by atoms with Crippen LogP contribution in [0.1, 0.15) is 25.5 Å². The molecule has 0 saturated carbocycles. The first kappa shape index (κ1) is 13.4. The average Bonchev–Trinajstić information content (AvgIpc) is 2.42. The third-order valence-corrected chi connectivity index (χ3v) is 2.74. The largest absolute Gasteiger partial charge is 0.490 e. The summed E-state index contributed by atoms with van der Waals surface area (Å²) in [6, 6.07) is 15.0. The van der Waals surface area contributed by atoms with Crippen molar-refractivity contribution in [1.82, 2.24) is 0 Å². The molecule has 0 unspecified atom stereocenters. The van der Waals surface area contributed by atoms with Crippen LogP contribution in [0.4, 0.5) is 0 Å². The summed E-state index contributed by atoms with van der Waals surface area (Å²) in [6.07, 6.45) is -0.574. The van der Waals surface area contributed by atoms with Gasteiger partial charge in [-0.3, -0.25) is 0 Å². The van der Waals surface area contributed by atoms with Crippen molar-refractivity contribution in [2.75, 3.05) is 6.61 Å². The van der Waals surface area contributed by atoms with Crippen molar-refractivity contribution in [2.45, 2.75) is 20.0 Å². The van der Waals surface area contributed by atoms with Gasteiger partial charge in [-0.2, -0.15) is 0 Å². The Labute approximate surface area is 113 Å². The van der Waals surface area contributed by atoms with Crippen molar-refractivity contribution in [3.63, 3.8) is 0 Å². The molecule has 2 aromatic carbocycles. The monoisotopic (exact) mass is 258 g/mol. The van der Waals surface area contributed by atoms with Gasteiger partial charge in [-0.25, -0.2) is 0 Å². The van der Waals surface area contributed by atoms with Crippen LogP contribution in [0, 0.1) is 0 Å². The molecule has 0 heterocycles. The van der Waals surface area contributed by atoms with E-state index in [1.165, 1.54) is 0 Å². The number of aliphatic hydroxyl groups is 1. The number of hydrogen-bond acceptors (Lipinski definition) is 3. The molecule has 0 aliphatic heterocycles. The van der Waals surface area contributed by atoms with Crippen LogP contribution in [0.5, 0.6) is 17.2 Å². The fourth-order valence-corrected chi connectivity index (χ4v) is 1.85. The van der Waals surface area contributed by atoms with E-state index in [0.29, 0.717) is 23.9 Å². The van der Waals surface area contributed by atoms with Gasteiger partial charge in [-0.05, 0) is 32.0 Å². The first-order chi connectivity index (χ1) is 9.22. The van der Waals surface area contributed by atoms with E-state index in [2.05, 4.69) is 0 Å². The molecule has 1 atom stereocenters. The highest BCUT2D eigenvalue weighted by Crippen LogP contribution is 2.34. The predicted octanol–water partition coefficient (Wildman–Crippen LogP) is 3.93. The quantitative estimate of drug-likeness (QED) is 0.883. The molecule has 0 bridgehead atoms. The van der Waals surface area contributed by atoms with Crippen molar-refractivity contribution >= 4 is 0 Å². The molecule has 0 saturated heterocycles. The van der Waals surface area contributed by atoms with Crippen molar-refractivity contribution in [3.8, 4) is 17.2 Å². The minimum Gasteiger partial charge on any atom is -0.490 e. The molecule has 0 aliphatic rings. The molecule has 100 valence electrons. The highest BCUT2D eigenvalue weighted by atomic mass is 16.5. The topological polar surface area (TPSA) is 38.7 Å². The van der Waals surface area contributed by atoms with E-state index < -0.39 is 6.10 Å². The van der Waals surface area contributed by atoms with E-state index >= 15 is 0 Å². The molecule has 2 aromatic rings. The average molecular weight is 258 g/mol. The van der Waals surface area contributed by atoms with Gasteiger partial charge in [-0.1, -0.05) is 30.3 Å². The second-order valence-electron chi connectivity index (χ2n) is 4.20. The second-order valence-corrected chi connectivity index (χ2v) is 4.20. The van der Waals surface area contributed by atoms with E-state index in [9.17, 15) is 5.11 Å². The van der Waals surface area contributed by atoms with Gasteiger partial charge < -0.3 is 14.6 Å². The van der Waals surface area contributed by atoms with Crippen LogP contribution in [-0.2, 0) is 0 Å². The zero-order valence-corrected chi connectivity index (χ0v) is 11.2. The maximum Gasteiger partial charge on any atom is 0.169 e. The summed E-state index contributed by atoms with van der Waals surface area (Å²) in [5, 5.41) is 9.74. The smallest absolute Gasteiger partial charge is 0.169 e. The maximum absolute atomic E-state index is 9.74. The van der Waals surface area contributed by atoms with Gasteiger partial charge in [0.2, 0.25) is 0 Å². The van der Waals surface area contributed by atoms with Gasteiger partial charge in [0.1, 0.15) is 5.75 Å². The third-order valence-electron chi connectivity index (χ3n) is 2.74. The number of rotatable bonds is 5. The minimum atomic E-state index is -0.574. The Balaban J connectivity index is 2.31. The minimum absolute atomic E-state index is 0.574. The highest BCUT2D eigenvalue weighted by Gasteiger charge is 2.11. The summed E-state index contributed by atoms with van der Waals surface area (Å²) in [5.41, 5.74) is 0.758. The fourth-order valence-electron chi connectivity index (χ4n) is 1.85. The van der Waals surface area contributed by atoms with Crippen molar-refractivity contribution in [1.29, 1.82) is 0 Å². The predicted molar refractivity (Wildman–Crippen MR) is 74.8 cm³/mol. The van der Waals surface area contributed by atoms with E-state index in [1.807, 2.05) is 55.5 Å². The Morgan fingerprint density at radius 1 is 0.947 bits per heavy atom. The van der Waals surface area contributed by atoms with E-state index in [4.69, 9.17) is 9.47 Å². The molecule has 0 spiro atoms. The van der Waals surface area contributed by atoms with Gasteiger partial charge in [0, 0.05) is 5.56 Å². The van der Waals surface area contributed by atoms with Crippen LogP contribution in [0.3, 0.4) is 0 Å². The van der Waals surface area contributed by atoms with Crippen molar-refractivity contribution in [2.24, 2.45) is 0 Å². The number of ether oxygens (including phenoxy) is 2. The van der Waals surface area contributed by atoms with Gasteiger partial charge in [0.15, 0.2) is 11.5 Å². The van der Waals surface area contributed by atoms with Gasteiger partial charge in [-0.15, -0.1) is 0 Å². The molecule has 2 rings (SSSR count). The summed E-state index contributed by atoms with van der Waals surface area (Å²) < 4.78 is 11.4. The summed E-state index contributed by atoms with van der Waals surface area (Å²) in [4.78, 5) is 0. The normalized spacial score (nSPS) is 11.9. The molecular formula is C16H18O3. The van der Waals surface area contributed by atoms with Crippen LogP contribution in [-0.4, -0.2) is 11.7 Å². The Hall–Kier alpha value is -2.00. The summed E-state index contributed by atoms with van der Waals surface area (Å²) in [5.74, 6) is 1.99. The molecule has 3 nitrogen and oxygen atoms in total. The van der Waals surface area contributed by atoms with Crippen LogP contribution < -0.4 is 9.47 Å². The molecular weight excluding hydrogens is 240 g/mol. The van der Waals surface area contributed by atoms with Crippen LogP contribution in [0.25, 0.3) is 0 Å². The third kappa shape index (κ3) is 3.26. The number of aliphatic hydroxyl groups excluding tert-OH is 1. The lowest BCUT2D eigenvalue weighted by Crippen LogP contribution is -1.98. The van der Waals surface area contributed by atoms with E-state index in [1.54, 1.807) is 6.92 Å². The van der Waals surface area contributed by atoms with Crippen LogP contribution in [0.15, 0.2) is 48.5 Å². The maximum atomic E-state index is 9.74. The Bertz CT molecular complexity index is 535. The molecule has 0 amide bonds. The Morgan fingerprint density at radius 3 is 2.16 bits per heavy atom. The number of para-hydroxylation sites is 3. The second kappa shape index (κ2) is 6.25. The standard InChI is InChI=1S/C16H18O3/c1-3-18-15-10-6-7-11-16(15)19-14-9-5-4-8-13(14)12(2)17/h4-12,17H,3H2,1-2H3/t12-/m1/s1. The van der Waals surface area contributed by atoms with Gasteiger partial charge >= 0.3 is 0 Å². The summed E-state index contributed by atoms with van der Waals surface area (Å²) >= 11 is 0. The molecule has 3 heteroatoms. The van der Waals surface area contributed by atoms with Gasteiger partial charge in [0.05, 0.1) is 12.7 Å². The van der Waals surface area contributed by atoms with Crippen LogP contribution >= 0.6 is 0 Å². The molecule has 0 fully saturated rings. The summed E-state index contributed by atoms with van der Waals surface area (Å²) in [7, 11) is 0. The molecule has 0 aromatic heterocycles. The first-order valence-electron chi connectivity index (χ1n) is 6.39. The number of hydrogen-bond donors (Lipinski definition) is 1. The van der Waals surface area contributed by atoms with Gasteiger partial charge in [0.25, 0.3) is 0 Å². The lowest BCUT2D eigenvalue weighted by molar-refractivity contribution is 0.195. The van der Waals surface area contributed by atoms with Crippen LogP contribution in [0.2, 0.25) is 0 Å². The lowest BCUT2D eigenvalue weighted by Gasteiger charge is -2.15. The van der Waals surface area contributed by atoms with E-state index in [0.717, 1.165) is 5.56 Å². The Morgan fingerprint density at radius 2 is 1.53 bits per heavy atom. The lowest BCUT2D eigenvalue weighted by atomic mass is 10.1. The van der Waals surface area contributed by atoms with Crippen molar-refractivity contribution < 1.29 is 14.6 Å². The number of benzene rings is 2. The molecule has 0 aliphatic carbocycles. The highest BCUT2D eigenvalue weighted by molar-refractivity contribution is 5.45. The zero-order valence-electron chi connectivity index (χ0n) is 11.2. The fraction of sp³-hybridized carbons (Fsp3) is 0.250. The SMILES string of the molecule is CCOc1ccccc1Oc1ccccc1[C@@H](C)O.